The Morgan fingerprint density at radius 2 is 2.31 bits per heavy atom. The number of carbonyl (C=O) groups is 1. The highest BCUT2D eigenvalue weighted by Gasteiger charge is 2.40. The Hall–Kier alpha value is -0.500. The zero-order chi connectivity index (χ0) is 9.42. The lowest BCUT2D eigenvalue weighted by molar-refractivity contribution is -0.144. The average molecular weight is 201 g/mol. The minimum Gasteiger partial charge on any atom is -0.446 e. The van der Waals surface area contributed by atoms with Gasteiger partial charge in [-0.2, -0.15) is 0 Å². The first-order valence-corrected chi connectivity index (χ1v) is 5.10. The monoisotopic (exact) mass is 200 g/mol. The van der Waals surface area contributed by atoms with Gasteiger partial charge in [-0.3, -0.25) is 4.79 Å². The van der Waals surface area contributed by atoms with Crippen LogP contribution in [0.5, 0.6) is 0 Å². The van der Waals surface area contributed by atoms with Crippen molar-refractivity contribution in [1.29, 1.82) is 0 Å². The molecule has 2 nitrogen and oxygen atoms in total. The summed E-state index contributed by atoms with van der Waals surface area (Å²) in [5, 5.41) is 0. The lowest BCUT2D eigenvalue weighted by atomic mass is 9.94. The summed E-state index contributed by atoms with van der Waals surface area (Å²) in [6, 6.07) is 0. The first-order chi connectivity index (χ1) is 6.16. The van der Waals surface area contributed by atoms with E-state index in [-0.39, 0.29) is 5.97 Å². The van der Waals surface area contributed by atoms with Crippen LogP contribution in [0, 0.1) is 17.8 Å². The highest BCUT2D eigenvalue weighted by Crippen LogP contribution is 2.46. The van der Waals surface area contributed by atoms with Gasteiger partial charge in [0.1, 0.15) is 0 Å². The van der Waals surface area contributed by atoms with Crippen molar-refractivity contribution < 1.29 is 9.53 Å². The lowest BCUT2D eigenvalue weighted by Crippen LogP contribution is -2.23. The summed E-state index contributed by atoms with van der Waals surface area (Å²) in [7, 11) is 0. The maximum atomic E-state index is 10.7. The smallest absolute Gasteiger partial charge is 0.304 e. The van der Waals surface area contributed by atoms with Crippen LogP contribution in [0.3, 0.4) is 0 Å². The predicted molar refractivity (Wildman–Crippen MR) is 50.3 cm³/mol. The zero-order valence-corrected chi connectivity index (χ0v) is 8.33. The van der Waals surface area contributed by atoms with Crippen molar-refractivity contribution in [3.05, 3.63) is 12.2 Å². The predicted octanol–water partition coefficient (Wildman–Crippen LogP) is 2.33. The van der Waals surface area contributed by atoms with E-state index in [1.165, 1.54) is 13.3 Å². The van der Waals surface area contributed by atoms with Gasteiger partial charge in [-0.25, -0.2) is 0 Å². The molecule has 4 unspecified atom stereocenters. The average Bonchev–Trinajstić information content (AvgIpc) is 2.62. The quantitative estimate of drug-likeness (QED) is 0.389. The molecule has 1 fully saturated rings. The van der Waals surface area contributed by atoms with E-state index in [0.29, 0.717) is 17.8 Å². The molecule has 4 atom stereocenters. The molecule has 0 spiro atoms. The van der Waals surface area contributed by atoms with E-state index < -0.39 is 5.56 Å². The second-order valence-electron chi connectivity index (χ2n) is 3.90. The molecular weight excluding hydrogens is 188 g/mol. The van der Waals surface area contributed by atoms with Gasteiger partial charge < -0.3 is 4.74 Å². The van der Waals surface area contributed by atoms with Crippen molar-refractivity contribution in [2.75, 3.05) is 0 Å². The normalized spacial score (nSPS) is 37.8. The number of allylic oxidation sites excluding steroid dienone is 2. The molecule has 0 aliphatic heterocycles. The van der Waals surface area contributed by atoms with Gasteiger partial charge >= 0.3 is 5.97 Å². The topological polar surface area (TPSA) is 26.3 Å². The van der Waals surface area contributed by atoms with E-state index in [9.17, 15) is 4.79 Å². The number of ether oxygens (including phenoxy) is 1. The second-order valence-corrected chi connectivity index (χ2v) is 4.33. The molecule has 2 rings (SSSR count). The van der Waals surface area contributed by atoms with Gasteiger partial charge in [-0.05, 0) is 24.7 Å². The van der Waals surface area contributed by atoms with Gasteiger partial charge in [0.2, 0.25) is 0 Å². The highest BCUT2D eigenvalue weighted by molar-refractivity contribution is 6.20. The van der Waals surface area contributed by atoms with E-state index in [4.69, 9.17) is 16.3 Å². The van der Waals surface area contributed by atoms with Crippen molar-refractivity contribution in [2.24, 2.45) is 17.8 Å². The highest BCUT2D eigenvalue weighted by atomic mass is 35.5. The Morgan fingerprint density at radius 1 is 1.54 bits per heavy atom. The summed E-state index contributed by atoms with van der Waals surface area (Å²) in [6.45, 7) is 1.40. The number of hydrogen-bond donors (Lipinski definition) is 0. The zero-order valence-electron chi connectivity index (χ0n) is 7.57. The third-order valence-corrected chi connectivity index (χ3v) is 3.36. The standard InChI is InChI=1S/C10H13ClO2/c1-6(12)13-10(11)9-5-7-2-3-8(9)4-7/h2-3,7-10H,4-5H2,1H3. The first kappa shape index (κ1) is 9.07. The van der Waals surface area contributed by atoms with Gasteiger partial charge in [0, 0.05) is 12.8 Å². The molecule has 2 bridgehead atoms. The van der Waals surface area contributed by atoms with Crippen molar-refractivity contribution in [1.82, 2.24) is 0 Å². The van der Waals surface area contributed by atoms with Gasteiger partial charge in [0.05, 0.1) is 0 Å². The fraction of sp³-hybridized carbons (Fsp3) is 0.700. The van der Waals surface area contributed by atoms with Crippen LogP contribution >= 0.6 is 11.6 Å². The van der Waals surface area contributed by atoms with E-state index in [0.717, 1.165) is 6.42 Å². The molecule has 0 amide bonds. The van der Waals surface area contributed by atoms with Crippen LogP contribution in [0.15, 0.2) is 12.2 Å². The van der Waals surface area contributed by atoms with E-state index in [1.54, 1.807) is 0 Å². The summed E-state index contributed by atoms with van der Waals surface area (Å²) in [6.07, 6.45) is 6.72. The molecule has 0 radical (unpaired) electrons. The van der Waals surface area contributed by atoms with Gasteiger partial charge in [0.15, 0.2) is 5.56 Å². The fourth-order valence-electron chi connectivity index (χ4n) is 2.37. The lowest BCUT2D eigenvalue weighted by Gasteiger charge is -2.22. The summed E-state index contributed by atoms with van der Waals surface area (Å²) in [4.78, 5) is 10.7. The Labute approximate surface area is 82.9 Å². The molecule has 0 heterocycles. The third kappa shape index (κ3) is 1.73. The molecule has 13 heavy (non-hydrogen) atoms. The summed E-state index contributed by atoms with van der Waals surface area (Å²) >= 11 is 6.00. The van der Waals surface area contributed by atoms with Crippen molar-refractivity contribution in [3.8, 4) is 0 Å². The van der Waals surface area contributed by atoms with Crippen molar-refractivity contribution in [2.45, 2.75) is 25.3 Å². The van der Waals surface area contributed by atoms with Crippen LogP contribution in [-0.2, 0) is 9.53 Å². The molecule has 0 aromatic rings. The number of carbonyl (C=O) groups excluding carboxylic acids is 1. The molecule has 3 heteroatoms. The maximum Gasteiger partial charge on any atom is 0.304 e. The molecule has 0 aromatic heterocycles. The van der Waals surface area contributed by atoms with Crippen LogP contribution in [0.25, 0.3) is 0 Å². The van der Waals surface area contributed by atoms with Gasteiger partial charge in [-0.1, -0.05) is 23.8 Å². The number of hydrogen-bond acceptors (Lipinski definition) is 2. The molecule has 1 saturated carbocycles. The van der Waals surface area contributed by atoms with Crippen LogP contribution in [0.1, 0.15) is 19.8 Å². The van der Waals surface area contributed by atoms with Crippen LogP contribution < -0.4 is 0 Å². The van der Waals surface area contributed by atoms with Crippen LogP contribution in [0.2, 0.25) is 0 Å². The first-order valence-electron chi connectivity index (χ1n) is 4.66. The largest absolute Gasteiger partial charge is 0.446 e. The van der Waals surface area contributed by atoms with E-state index in [2.05, 4.69) is 12.2 Å². The number of esters is 1. The van der Waals surface area contributed by atoms with E-state index >= 15 is 0 Å². The van der Waals surface area contributed by atoms with Crippen LogP contribution in [0.4, 0.5) is 0 Å². The number of rotatable bonds is 2. The van der Waals surface area contributed by atoms with Crippen molar-refractivity contribution in [3.63, 3.8) is 0 Å². The summed E-state index contributed by atoms with van der Waals surface area (Å²) in [5.41, 5.74) is -0.433. The minimum absolute atomic E-state index is 0.285. The molecule has 0 aromatic carbocycles. The molecule has 0 saturated heterocycles. The number of fused-ring (bicyclic) bond motifs is 2. The molecule has 72 valence electrons. The molecule has 2 aliphatic rings. The Morgan fingerprint density at radius 3 is 2.77 bits per heavy atom. The summed E-state index contributed by atoms with van der Waals surface area (Å²) in [5.74, 6) is 1.26. The Kier molecular flexibility index (Phi) is 2.33. The molecule has 0 N–H and O–H groups in total. The summed E-state index contributed by atoms with van der Waals surface area (Å²) < 4.78 is 4.98. The fourth-order valence-corrected chi connectivity index (χ4v) is 2.79. The Balaban J connectivity index is 1.95. The van der Waals surface area contributed by atoms with Crippen LogP contribution in [-0.4, -0.2) is 11.5 Å². The van der Waals surface area contributed by atoms with E-state index in [1.807, 2.05) is 0 Å². The van der Waals surface area contributed by atoms with Crippen molar-refractivity contribution >= 4 is 17.6 Å². The number of halogens is 1. The third-order valence-electron chi connectivity index (χ3n) is 2.95. The Bertz CT molecular complexity index is 249. The maximum absolute atomic E-state index is 10.7. The number of alkyl halides is 1. The minimum atomic E-state index is -0.433. The second kappa shape index (κ2) is 3.33. The SMILES string of the molecule is CC(=O)OC(Cl)C1CC2C=CC1C2. The molecule has 2 aliphatic carbocycles. The molecular formula is C10H13ClO2. The van der Waals surface area contributed by atoms with Gasteiger partial charge in [0.25, 0.3) is 0 Å². The van der Waals surface area contributed by atoms with Gasteiger partial charge in [-0.15, -0.1) is 0 Å².